The summed E-state index contributed by atoms with van der Waals surface area (Å²) in [5.41, 5.74) is 5.88. The molecule has 4 aliphatic rings. The summed E-state index contributed by atoms with van der Waals surface area (Å²) in [6.45, 7) is 9.99. The van der Waals surface area contributed by atoms with Crippen molar-refractivity contribution in [3.05, 3.63) is 70.2 Å². The van der Waals surface area contributed by atoms with E-state index in [1.807, 2.05) is 50.2 Å². The monoisotopic (exact) mass is 740 g/mol. The molecule has 0 unspecified atom stereocenters. The molecule has 2 amide bonds. The molecular formula is C38H42Cl2N10O2. The van der Waals surface area contributed by atoms with E-state index in [0.717, 1.165) is 84.3 Å². The zero-order chi connectivity index (χ0) is 36.0. The Labute approximate surface area is 313 Å². The van der Waals surface area contributed by atoms with Gasteiger partial charge in [0, 0.05) is 87.5 Å². The van der Waals surface area contributed by atoms with Crippen molar-refractivity contribution in [2.45, 2.75) is 63.7 Å². The number of nitrogens with zero attached hydrogens (tertiary/aromatic N) is 6. The van der Waals surface area contributed by atoms with E-state index in [1.165, 1.54) is 0 Å². The van der Waals surface area contributed by atoms with Gasteiger partial charge in [-0.05, 0) is 26.7 Å². The molecule has 4 N–H and O–H groups in total. The fourth-order valence-electron chi connectivity index (χ4n) is 8.10. The van der Waals surface area contributed by atoms with Crippen LogP contribution in [0.5, 0.6) is 0 Å². The molecular weight excluding hydrogens is 699 g/mol. The highest BCUT2D eigenvalue weighted by Gasteiger charge is 2.48. The number of carbonyl (C=O) groups is 2. The number of rotatable bonds is 11. The van der Waals surface area contributed by atoms with Crippen LogP contribution in [-0.4, -0.2) is 91.9 Å². The highest BCUT2D eigenvalue weighted by atomic mass is 35.5. The van der Waals surface area contributed by atoms with E-state index in [-0.39, 0.29) is 22.9 Å². The second-order valence-electron chi connectivity index (χ2n) is 14.4. The van der Waals surface area contributed by atoms with Crippen LogP contribution in [0.3, 0.4) is 0 Å². The fourth-order valence-corrected chi connectivity index (χ4v) is 8.75. The second-order valence-corrected chi connectivity index (χ2v) is 15.2. The highest BCUT2D eigenvalue weighted by molar-refractivity contribution is 6.39. The van der Waals surface area contributed by atoms with Gasteiger partial charge in [0.15, 0.2) is 0 Å². The van der Waals surface area contributed by atoms with Crippen molar-refractivity contribution in [2.24, 2.45) is 0 Å². The van der Waals surface area contributed by atoms with Crippen LogP contribution in [-0.2, 0) is 22.7 Å². The van der Waals surface area contributed by atoms with Gasteiger partial charge in [0.1, 0.15) is 11.6 Å². The van der Waals surface area contributed by atoms with Crippen LogP contribution in [0.1, 0.15) is 50.9 Å². The molecule has 2 spiro atoms. The minimum Gasteiger partial charge on any atom is -0.369 e. The van der Waals surface area contributed by atoms with Crippen LogP contribution in [0.2, 0.25) is 10.0 Å². The van der Waals surface area contributed by atoms with Crippen molar-refractivity contribution in [2.75, 3.05) is 49.9 Å². The summed E-state index contributed by atoms with van der Waals surface area (Å²) in [5.74, 6) is 1.71. The number of carbonyl (C=O) groups excluding carboxylic acids is 2. The molecule has 6 heterocycles. The van der Waals surface area contributed by atoms with E-state index in [9.17, 15) is 9.59 Å². The standard InChI is InChI=1S/C38H42Cl2N10O2/c1-3-41-35-29(17-49-19-37(20-49)13-11-31(51)47-37)43-15-27(45-35)25-9-5-7-23(33(25)39)24-8-6-10-26(34(24)40)28-16-44-30(36(46-28)42-4-2)18-50-21-38(22-50)14-12-32(52)48-38/h5-10,15-16H,3-4,11-14,17-22H2,1-2H3,(H,41,45)(H,42,46)(H,47,51)(H,48,52). The summed E-state index contributed by atoms with van der Waals surface area (Å²) in [4.78, 5) is 47.8. The minimum absolute atomic E-state index is 0.0882. The van der Waals surface area contributed by atoms with Crippen molar-refractivity contribution in [1.29, 1.82) is 0 Å². The van der Waals surface area contributed by atoms with Crippen molar-refractivity contribution < 1.29 is 9.59 Å². The van der Waals surface area contributed by atoms with Gasteiger partial charge in [0.2, 0.25) is 11.8 Å². The zero-order valence-electron chi connectivity index (χ0n) is 29.4. The Kier molecular flexibility index (Phi) is 9.27. The molecule has 4 saturated heterocycles. The number of anilines is 2. The average molecular weight is 742 g/mol. The Balaban J connectivity index is 1.03. The van der Waals surface area contributed by atoms with Crippen LogP contribution in [0.15, 0.2) is 48.8 Å². The third-order valence-corrected chi connectivity index (χ3v) is 11.4. The van der Waals surface area contributed by atoms with Crippen LogP contribution >= 0.6 is 23.2 Å². The van der Waals surface area contributed by atoms with Gasteiger partial charge in [0.05, 0.1) is 56.3 Å². The summed E-state index contributed by atoms with van der Waals surface area (Å²) in [6.07, 6.45) is 6.51. The summed E-state index contributed by atoms with van der Waals surface area (Å²) in [6, 6.07) is 11.7. The molecule has 0 aliphatic carbocycles. The predicted molar refractivity (Wildman–Crippen MR) is 203 cm³/mol. The summed E-state index contributed by atoms with van der Waals surface area (Å²) >= 11 is 14.3. The number of likely N-dealkylation sites (tertiary alicyclic amines) is 2. The van der Waals surface area contributed by atoms with Crippen LogP contribution in [0.4, 0.5) is 11.6 Å². The van der Waals surface area contributed by atoms with Gasteiger partial charge in [-0.15, -0.1) is 0 Å². The maximum atomic E-state index is 11.8. The molecule has 52 heavy (non-hydrogen) atoms. The summed E-state index contributed by atoms with van der Waals surface area (Å²) in [5, 5.41) is 14.1. The topological polar surface area (TPSA) is 140 Å². The Bertz CT molecular complexity index is 1900. The van der Waals surface area contributed by atoms with E-state index >= 15 is 0 Å². The third-order valence-electron chi connectivity index (χ3n) is 10.5. The van der Waals surface area contributed by atoms with Crippen LogP contribution in [0, 0.1) is 0 Å². The maximum Gasteiger partial charge on any atom is 0.220 e. The highest BCUT2D eigenvalue weighted by Crippen LogP contribution is 2.42. The second kappa shape index (κ2) is 13.9. The van der Waals surface area contributed by atoms with E-state index in [4.69, 9.17) is 43.1 Å². The number of halogens is 2. The number of nitrogens with one attached hydrogen (secondary N) is 4. The molecule has 14 heteroatoms. The number of hydrogen-bond donors (Lipinski definition) is 4. The van der Waals surface area contributed by atoms with Gasteiger partial charge in [0.25, 0.3) is 0 Å². The van der Waals surface area contributed by atoms with Crippen molar-refractivity contribution in [3.63, 3.8) is 0 Å². The molecule has 4 aliphatic heterocycles. The van der Waals surface area contributed by atoms with Crippen molar-refractivity contribution in [3.8, 4) is 33.6 Å². The lowest BCUT2D eigenvalue weighted by Crippen LogP contribution is -2.66. The number of aromatic nitrogens is 4. The third kappa shape index (κ3) is 6.57. The Morgan fingerprint density at radius 3 is 1.44 bits per heavy atom. The fraction of sp³-hybridized carbons (Fsp3) is 0.421. The first kappa shape index (κ1) is 34.7. The molecule has 4 fully saturated rings. The SMILES string of the molecule is CCNc1nc(-c2cccc(-c3cccc(-c4cnc(CN5CC6(CCC(=O)N6)C5)c(NCC)n4)c3Cl)c2Cl)cnc1CN1CC2(CCC(=O)N2)C1. The van der Waals surface area contributed by atoms with Crippen LogP contribution < -0.4 is 21.3 Å². The normalized spacial score (nSPS) is 19.0. The molecule has 12 nitrogen and oxygen atoms in total. The maximum absolute atomic E-state index is 11.8. The van der Waals surface area contributed by atoms with Gasteiger partial charge in [-0.2, -0.15) is 0 Å². The van der Waals surface area contributed by atoms with E-state index in [1.54, 1.807) is 12.4 Å². The van der Waals surface area contributed by atoms with E-state index in [2.05, 4.69) is 31.1 Å². The molecule has 2 aromatic carbocycles. The first-order valence-electron chi connectivity index (χ1n) is 18.0. The molecule has 0 bridgehead atoms. The van der Waals surface area contributed by atoms with Gasteiger partial charge < -0.3 is 21.3 Å². The quantitative estimate of drug-likeness (QED) is 0.159. The predicted octanol–water partition coefficient (Wildman–Crippen LogP) is 5.37. The molecule has 270 valence electrons. The molecule has 4 aromatic rings. The number of amides is 2. The first-order valence-corrected chi connectivity index (χ1v) is 18.8. The number of hydrogen-bond acceptors (Lipinski definition) is 10. The summed E-state index contributed by atoms with van der Waals surface area (Å²) in [7, 11) is 0. The van der Waals surface area contributed by atoms with Crippen molar-refractivity contribution in [1.82, 2.24) is 40.4 Å². The van der Waals surface area contributed by atoms with Gasteiger partial charge in [-0.1, -0.05) is 59.6 Å². The molecule has 0 radical (unpaired) electrons. The first-order chi connectivity index (χ1) is 25.2. The van der Waals surface area contributed by atoms with E-state index < -0.39 is 0 Å². The van der Waals surface area contributed by atoms with E-state index in [0.29, 0.717) is 60.5 Å². The lowest BCUT2D eigenvalue weighted by Gasteiger charge is -2.47. The smallest absolute Gasteiger partial charge is 0.220 e. The number of benzene rings is 2. The largest absolute Gasteiger partial charge is 0.369 e. The Morgan fingerprint density at radius 1 is 0.673 bits per heavy atom. The van der Waals surface area contributed by atoms with Crippen LogP contribution in [0.25, 0.3) is 33.6 Å². The van der Waals surface area contributed by atoms with Gasteiger partial charge in [-0.25, -0.2) is 9.97 Å². The molecule has 8 rings (SSSR count). The Hall–Kier alpha value is -4.36. The van der Waals surface area contributed by atoms with Gasteiger partial charge in [-0.3, -0.25) is 29.4 Å². The molecule has 2 aromatic heterocycles. The van der Waals surface area contributed by atoms with Crippen molar-refractivity contribution >= 4 is 46.7 Å². The van der Waals surface area contributed by atoms with Gasteiger partial charge >= 0.3 is 0 Å². The molecule has 0 atom stereocenters. The Morgan fingerprint density at radius 2 is 1.08 bits per heavy atom. The lowest BCUT2D eigenvalue weighted by atomic mass is 9.88. The zero-order valence-corrected chi connectivity index (χ0v) is 30.9. The average Bonchev–Trinajstić information content (AvgIpc) is 3.69. The molecule has 0 saturated carbocycles. The summed E-state index contributed by atoms with van der Waals surface area (Å²) < 4.78 is 0. The lowest BCUT2D eigenvalue weighted by molar-refractivity contribution is -0.121. The minimum atomic E-state index is -0.0882.